The van der Waals surface area contributed by atoms with E-state index < -0.39 is 17.6 Å². The maximum atomic E-state index is 14.1. The fourth-order valence-corrected chi connectivity index (χ4v) is 5.50. The molecule has 1 aliphatic heterocycles. The molecular formula is C35H29FN2O4. The number of halogens is 1. The lowest BCUT2D eigenvalue weighted by molar-refractivity contribution is 0.0638. The van der Waals surface area contributed by atoms with Crippen molar-refractivity contribution in [3.63, 3.8) is 0 Å². The predicted molar refractivity (Wildman–Crippen MR) is 160 cm³/mol. The molecule has 6 rings (SSSR count). The number of rotatable bonds is 8. The van der Waals surface area contributed by atoms with Crippen LogP contribution < -0.4 is 10.3 Å². The van der Waals surface area contributed by atoms with Crippen LogP contribution in [0.25, 0.3) is 21.9 Å². The number of benzene rings is 4. The molecule has 0 saturated heterocycles. The van der Waals surface area contributed by atoms with Crippen molar-refractivity contribution in [3.8, 4) is 16.9 Å². The molecule has 0 radical (unpaired) electrons. The molecule has 0 bridgehead atoms. The van der Waals surface area contributed by atoms with Crippen molar-refractivity contribution in [2.75, 3.05) is 0 Å². The summed E-state index contributed by atoms with van der Waals surface area (Å²) in [4.78, 5) is 42.0. The van der Waals surface area contributed by atoms with Crippen LogP contribution in [-0.2, 0) is 19.7 Å². The van der Waals surface area contributed by atoms with Crippen LogP contribution in [-0.4, -0.2) is 21.3 Å². The molecule has 2 heterocycles. The van der Waals surface area contributed by atoms with Gasteiger partial charge in [0.15, 0.2) is 0 Å². The summed E-state index contributed by atoms with van der Waals surface area (Å²) in [6, 6.07) is 27.8. The number of nitrogens with zero attached hydrogens (tertiary/aromatic N) is 2. The summed E-state index contributed by atoms with van der Waals surface area (Å²) in [5.74, 6) is -0.571. The van der Waals surface area contributed by atoms with Crippen molar-refractivity contribution in [2.24, 2.45) is 5.92 Å². The molecule has 210 valence electrons. The lowest BCUT2D eigenvalue weighted by Gasteiger charge is -2.24. The first-order chi connectivity index (χ1) is 20.3. The molecule has 0 aliphatic carbocycles. The Morgan fingerprint density at radius 2 is 1.40 bits per heavy atom. The Hall–Kier alpha value is -5.04. The summed E-state index contributed by atoms with van der Waals surface area (Å²) in [5.41, 5.74) is 3.24. The van der Waals surface area contributed by atoms with Gasteiger partial charge in [-0.2, -0.15) is 0 Å². The maximum Gasteiger partial charge on any atom is 0.261 e. The Bertz CT molecular complexity index is 1840. The van der Waals surface area contributed by atoms with Gasteiger partial charge >= 0.3 is 0 Å². The SMILES string of the molecule is CC(C)Cn1c(CN2C(=O)c3ccccc3C2=O)c(-c2ccc(F)cc2)c2cc(OCc3ccccc3)ccc2c1=O. The van der Waals surface area contributed by atoms with E-state index in [9.17, 15) is 18.8 Å². The van der Waals surface area contributed by atoms with E-state index in [1.807, 2.05) is 50.2 Å². The highest BCUT2D eigenvalue weighted by Crippen LogP contribution is 2.36. The smallest absolute Gasteiger partial charge is 0.261 e. The molecular weight excluding hydrogens is 531 g/mol. The third kappa shape index (κ3) is 4.98. The molecule has 0 atom stereocenters. The first-order valence-electron chi connectivity index (χ1n) is 13.9. The number of carbonyl (C=O) groups excluding carboxylic acids is 2. The van der Waals surface area contributed by atoms with Gasteiger partial charge in [-0.05, 0) is 59.5 Å². The summed E-state index contributed by atoms with van der Waals surface area (Å²) < 4.78 is 21.8. The summed E-state index contributed by atoms with van der Waals surface area (Å²) in [5, 5.41) is 1.07. The highest BCUT2D eigenvalue weighted by atomic mass is 19.1. The fourth-order valence-electron chi connectivity index (χ4n) is 5.50. The van der Waals surface area contributed by atoms with Gasteiger partial charge in [-0.15, -0.1) is 0 Å². The number of hydrogen-bond acceptors (Lipinski definition) is 4. The van der Waals surface area contributed by atoms with Crippen LogP contribution in [0.1, 0.15) is 45.8 Å². The quantitative estimate of drug-likeness (QED) is 0.195. The largest absolute Gasteiger partial charge is 0.489 e. The zero-order valence-electron chi connectivity index (χ0n) is 23.3. The molecule has 0 N–H and O–H groups in total. The van der Waals surface area contributed by atoms with E-state index >= 15 is 0 Å². The minimum Gasteiger partial charge on any atom is -0.489 e. The molecule has 4 aromatic carbocycles. The molecule has 0 unspecified atom stereocenters. The number of pyridine rings is 1. The van der Waals surface area contributed by atoms with Gasteiger partial charge in [0, 0.05) is 28.6 Å². The summed E-state index contributed by atoms with van der Waals surface area (Å²) >= 11 is 0. The van der Waals surface area contributed by atoms with Crippen molar-refractivity contribution >= 4 is 22.6 Å². The highest BCUT2D eigenvalue weighted by Gasteiger charge is 2.36. The van der Waals surface area contributed by atoms with Crippen LogP contribution in [0.3, 0.4) is 0 Å². The van der Waals surface area contributed by atoms with Crippen LogP contribution >= 0.6 is 0 Å². The first-order valence-corrected chi connectivity index (χ1v) is 13.9. The van der Waals surface area contributed by atoms with Gasteiger partial charge in [0.05, 0.1) is 17.7 Å². The number of carbonyl (C=O) groups is 2. The van der Waals surface area contributed by atoms with Crippen molar-refractivity contribution in [1.29, 1.82) is 0 Å². The molecule has 0 saturated carbocycles. The number of ether oxygens (including phenoxy) is 1. The van der Waals surface area contributed by atoms with Crippen molar-refractivity contribution in [2.45, 2.75) is 33.5 Å². The van der Waals surface area contributed by atoms with E-state index in [2.05, 4.69) is 0 Å². The number of fused-ring (bicyclic) bond motifs is 2. The topological polar surface area (TPSA) is 68.6 Å². The standard InChI is InChI=1S/C35H29FN2O4/c1-22(2)19-37-31(20-38-34(40)27-10-6-7-11-28(27)35(38)41)32(24-12-14-25(36)15-13-24)30-18-26(16-17-29(30)33(37)39)42-21-23-8-4-3-5-9-23/h3-18,22H,19-21H2,1-2H3. The van der Waals surface area contributed by atoms with Gasteiger partial charge in [0.25, 0.3) is 17.4 Å². The molecule has 6 nitrogen and oxygen atoms in total. The fraction of sp³-hybridized carbons (Fsp3) is 0.171. The molecule has 42 heavy (non-hydrogen) atoms. The van der Waals surface area contributed by atoms with E-state index in [1.54, 1.807) is 53.1 Å². The van der Waals surface area contributed by atoms with Crippen LogP contribution in [0, 0.1) is 11.7 Å². The summed E-state index contributed by atoms with van der Waals surface area (Å²) in [6.45, 7) is 4.59. The zero-order valence-corrected chi connectivity index (χ0v) is 23.3. The third-order valence-corrected chi connectivity index (χ3v) is 7.47. The van der Waals surface area contributed by atoms with E-state index in [4.69, 9.17) is 4.74 Å². The van der Waals surface area contributed by atoms with Gasteiger partial charge in [-0.3, -0.25) is 19.3 Å². The second-order valence-electron chi connectivity index (χ2n) is 10.9. The number of hydrogen-bond donors (Lipinski definition) is 0. The van der Waals surface area contributed by atoms with Crippen LogP contribution in [0.5, 0.6) is 5.75 Å². The Kier molecular flexibility index (Phi) is 7.17. The van der Waals surface area contributed by atoms with Crippen molar-refractivity contribution in [1.82, 2.24) is 9.47 Å². The van der Waals surface area contributed by atoms with Gasteiger partial charge < -0.3 is 9.30 Å². The molecule has 2 amide bonds. The lowest BCUT2D eigenvalue weighted by atomic mass is 9.95. The maximum absolute atomic E-state index is 14.1. The van der Waals surface area contributed by atoms with E-state index in [-0.39, 0.29) is 18.0 Å². The van der Waals surface area contributed by atoms with Crippen LogP contribution in [0.4, 0.5) is 4.39 Å². The number of imide groups is 1. The minimum atomic E-state index is -0.413. The number of aromatic nitrogens is 1. The molecule has 1 aromatic heterocycles. The lowest BCUT2D eigenvalue weighted by Crippen LogP contribution is -2.34. The number of amides is 2. The van der Waals surface area contributed by atoms with E-state index in [0.29, 0.717) is 57.6 Å². The molecule has 1 aliphatic rings. The van der Waals surface area contributed by atoms with Gasteiger partial charge in [-0.25, -0.2) is 4.39 Å². The summed E-state index contributed by atoms with van der Waals surface area (Å²) in [6.07, 6.45) is 0. The van der Waals surface area contributed by atoms with Crippen LogP contribution in [0.15, 0.2) is 102 Å². The van der Waals surface area contributed by atoms with Crippen LogP contribution in [0.2, 0.25) is 0 Å². The Morgan fingerprint density at radius 3 is 2.05 bits per heavy atom. The molecule has 0 spiro atoms. The van der Waals surface area contributed by atoms with E-state index in [0.717, 1.165) is 5.56 Å². The van der Waals surface area contributed by atoms with Gasteiger partial charge in [0.2, 0.25) is 0 Å². The monoisotopic (exact) mass is 560 g/mol. The van der Waals surface area contributed by atoms with Crippen molar-refractivity contribution in [3.05, 3.63) is 136 Å². The Balaban J connectivity index is 1.55. The zero-order chi connectivity index (χ0) is 29.4. The molecule has 5 aromatic rings. The minimum absolute atomic E-state index is 0.0932. The van der Waals surface area contributed by atoms with Gasteiger partial charge in [0.1, 0.15) is 18.2 Å². The second-order valence-corrected chi connectivity index (χ2v) is 10.9. The van der Waals surface area contributed by atoms with Crippen molar-refractivity contribution < 1.29 is 18.7 Å². The average Bonchev–Trinajstić information content (AvgIpc) is 3.24. The van der Waals surface area contributed by atoms with E-state index in [1.165, 1.54) is 17.0 Å². The predicted octanol–water partition coefficient (Wildman–Crippen LogP) is 6.84. The Morgan fingerprint density at radius 1 is 0.762 bits per heavy atom. The average molecular weight is 561 g/mol. The second kappa shape index (κ2) is 11.1. The first kappa shape index (κ1) is 27.1. The van der Waals surface area contributed by atoms with Gasteiger partial charge in [-0.1, -0.05) is 68.4 Å². The highest BCUT2D eigenvalue weighted by molar-refractivity contribution is 6.21. The molecule has 0 fully saturated rings. The molecule has 7 heteroatoms. The Labute approximate surface area is 242 Å². The normalized spacial score (nSPS) is 12.8. The summed E-state index contributed by atoms with van der Waals surface area (Å²) in [7, 11) is 0. The third-order valence-electron chi connectivity index (χ3n) is 7.47.